The van der Waals surface area contributed by atoms with Crippen molar-refractivity contribution in [3.05, 3.63) is 42.5 Å². The predicted molar refractivity (Wildman–Crippen MR) is 100.0 cm³/mol. The maximum absolute atomic E-state index is 12.0. The molecule has 9 heteroatoms. The van der Waals surface area contributed by atoms with Gasteiger partial charge in [-0.15, -0.1) is 5.10 Å². The molecule has 1 amide bonds. The maximum Gasteiger partial charge on any atom is 0.322 e. The van der Waals surface area contributed by atoms with Crippen LogP contribution < -0.4 is 24.3 Å². The predicted octanol–water partition coefficient (Wildman–Crippen LogP) is 2.78. The minimum atomic E-state index is -0.427. The van der Waals surface area contributed by atoms with Crippen molar-refractivity contribution in [3.8, 4) is 34.5 Å². The molecule has 0 saturated heterocycles. The fourth-order valence-electron chi connectivity index (χ4n) is 2.42. The lowest BCUT2D eigenvalue weighted by atomic mass is 10.2. The fraction of sp³-hybridized carbons (Fsp3) is 0.211. The van der Waals surface area contributed by atoms with Crippen molar-refractivity contribution in [2.24, 2.45) is 0 Å². The smallest absolute Gasteiger partial charge is 0.322 e. The van der Waals surface area contributed by atoms with Gasteiger partial charge in [0.2, 0.25) is 11.6 Å². The van der Waals surface area contributed by atoms with E-state index in [9.17, 15) is 4.79 Å². The van der Waals surface area contributed by atoms with Crippen LogP contribution in [0.15, 0.2) is 46.9 Å². The SMILES string of the molecule is COc1cc(-c2nnc(NC(=O)COc3ccccc3)o2)cc(OC)c1OC. The third kappa shape index (κ3) is 4.32. The summed E-state index contributed by atoms with van der Waals surface area (Å²) in [6, 6.07) is 12.3. The number of hydrogen-bond donors (Lipinski definition) is 1. The molecule has 2 aromatic carbocycles. The molecule has 0 spiro atoms. The Morgan fingerprint density at radius 2 is 1.68 bits per heavy atom. The number of aromatic nitrogens is 2. The minimum absolute atomic E-state index is 0.0505. The largest absolute Gasteiger partial charge is 0.493 e. The fourth-order valence-corrected chi connectivity index (χ4v) is 2.42. The first-order chi connectivity index (χ1) is 13.6. The molecule has 0 fully saturated rings. The van der Waals surface area contributed by atoms with Crippen molar-refractivity contribution in [3.63, 3.8) is 0 Å². The summed E-state index contributed by atoms with van der Waals surface area (Å²) in [7, 11) is 4.53. The first kappa shape index (κ1) is 19.0. The molecule has 0 bridgehead atoms. The number of amides is 1. The van der Waals surface area contributed by atoms with Crippen LogP contribution in [0.4, 0.5) is 6.01 Å². The van der Waals surface area contributed by atoms with E-state index >= 15 is 0 Å². The Balaban J connectivity index is 1.70. The zero-order chi connectivity index (χ0) is 19.9. The van der Waals surface area contributed by atoms with E-state index in [1.165, 1.54) is 21.3 Å². The summed E-state index contributed by atoms with van der Waals surface area (Å²) >= 11 is 0. The average molecular weight is 385 g/mol. The minimum Gasteiger partial charge on any atom is -0.493 e. The van der Waals surface area contributed by atoms with Crippen LogP contribution in [-0.4, -0.2) is 44.0 Å². The quantitative estimate of drug-likeness (QED) is 0.631. The van der Waals surface area contributed by atoms with Crippen molar-refractivity contribution in [2.45, 2.75) is 0 Å². The molecule has 9 nitrogen and oxygen atoms in total. The maximum atomic E-state index is 12.0. The van der Waals surface area contributed by atoms with Gasteiger partial charge in [0.25, 0.3) is 5.91 Å². The Hall–Kier alpha value is -3.75. The Morgan fingerprint density at radius 3 is 2.29 bits per heavy atom. The van der Waals surface area contributed by atoms with Crippen LogP contribution in [0, 0.1) is 0 Å². The number of rotatable bonds is 8. The number of hydrogen-bond acceptors (Lipinski definition) is 8. The lowest BCUT2D eigenvalue weighted by molar-refractivity contribution is -0.118. The monoisotopic (exact) mass is 385 g/mol. The second kappa shape index (κ2) is 8.76. The van der Waals surface area contributed by atoms with Gasteiger partial charge in [-0.05, 0) is 24.3 Å². The summed E-state index contributed by atoms with van der Waals surface area (Å²) in [4.78, 5) is 12.0. The third-order valence-electron chi connectivity index (χ3n) is 3.70. The summed E-state index contributed by atoms with van der Waals surface area (Å²) in [6.45, 7) is -0.189. The number of nitrogens with zero attached hydrogens (tertiary/aromatic N) is 2. The summed E-state index contributed by atoms with van der Waals surface area (Å²) < 4.78 is 26.8. The number of benzene rings is 2. The zero-order valence-electron chi connectivity index (χ0n) is 15.6. The van der Waals surface area contributed by atoms with Crippen molar-refractivity contribution in [1.29, 1.82) is 0 Å². The van der Waals surface area contributed by atoms with Gasteiger partial charge in [-0.2, -0.15) is 0 Å². The van der Waals surface area contributed by atoms with Crippen molar-refractivity contribution in [2.75, 3.05) is 33.3 Å². The molecule has 0 aliphatic rings. The molecule has 1 aromatic heterocycles. The summed E-state index contributed by atoms with van der Waals surface area (Å²) in [5, 5.41) is 10.3. The van der Waals surface area contributed by atoms with E-state index in [-0.39, 0.29) is 18.5 Å². The summed E-state index contributed by atoms with van der Waals surface area (Å²) in [6.07, 6.45) is 0. The van der Waals surface area contributed by atoms with Gasteiger partial charge in [0, 0.05) is 5.56 Å². The third-order valence-corrected chi connectivity index (χ3v) is 3.70. The molecule has 146 valence electrons. The first-order valence-electron chi connectivity index (χ1n) is 8.26. The highest BCUT2D eigenvalue weighted by Crippen LogP contribution is 2.41. The molecule has 1 heterocycles. The van der Waals surface area contributed by atoms with Crippen molar-refractivity contribution < 1.29 is 28.2 Å². The molecular weight excluding hydrogens is 366 g/mol. The lowest BCUT2D eigenvalue weighted by Crippen LogP contribution is -2.20. The Kier molecular flexibility index (Phi) is 5.95. The van der Waals surface area contributed by atoms with Crippen LogP contribution in [0.3, 0.4) is 0 Å². The van der Waals surface area contributed by atoms with E-state index < -0.39 is 5.91 Å². The van der Waals surface area contributed by atoms with Gasteiger partial charge in [0.15, 0.2) is 18.1 Å². The van der Waals surface area contributed by atoms with Crippen LogP contribution in [0.1, 0.15) is 0 Å². The number of carbonyl (C=O) groups is 1. The van der Waals surface area contributed by atoms with Gasteiger partial charge in [-0.25, -0.2) is 0 Å². The standard InChI is InChI=1S/C19H19N3O6/c1-24-14-9-12(10-15(25-2)17(14)26-3)18-21-22-19(28-18)20-16(23)11-27-13-7-5-4-6-8-13/h4-10H,11H2,1-3H3,(H,20,22,23). The second-order valence-electron chi connectivity index (χ2n) is 5.48. The second-order valence-corrected chi connectivity index (χ2v) is 5.48. The number of carbonyl (C=O) groups excluding carboxylic acids is 1. The number of ether oxygens (including phenoxy) is 4. The van der Waals surface area contributed by atoms with Gasteiger partial charge in [0.1, 0.15) is 5.75 Å². The van der Waals surface area contributed by atoms with E-state index in [4.69, 9.17) is 23.4 Å². The summed E-state index contributed by atoms with van der Waals surface area (Å²) in [5.74, 6) is 1.66. The average Bonchev–Trinajstić information content (AvgIpc) is 3.20. The molecule has 0 atom stereocenters. The molecule has 0 unspecified atom stereocenters. The van der Waals surface area contributed by atoms with Gasteiger partial charge in [-0.1, -0.05) is 23.3 Å². The number of para-hydroxylation sites is 1. The Bertz CT molecular complexity index is 917. The van der Waals surface area contributed by atoms with Crippen LogP contribution >= 0.6 is 0 Å². The highest BCUT2D eigenvalue weighted by atomic mass is 16.5. The normalized spacial score (nSPS) is 10.2. The van der Waals surface area contributed by atoms with Gasteiger partial charge in [-0.3, -0.25) is 10.1 Å². The van der Waals surface area contributed by atoms with E-state index in [0.29, 0.717) is 28.6 Å². The van der Waals surface area contributed by atoms with Crippen molar-refractivity contribution >= 4 is 11.9 Å². The summed E-state index contributed by atoms with van der Waals surface area (Å²) in [5.41, 5.74) is 0.544. The Morgan fingerprint density at radius 1 is 1.00 bits per heavy atom. The van der Waals surface area contributed by atoms with Crippen LogP contribution in [-0.2, 0) is 4.79 Å². The van der Waals surface area contributed by atoms with E-state index in [0.717, 1.165) is 0 Å². The highest BCUT2D eigenvalue weighted by molar-refractivity contribution is 5.89. The van der Waals surface area contributed by atoms with Crippen LogP contribution in [0.25, 0.3) is 11.5 Å². The zero-order valence-corrected chi connectivity index (χ0v) is 15.6. The van der Waals surface area contributed by atoms with Gasteiger partial charge >= 0.3 is 6.01 Å². The molecule has 1 N–H and O–H groups in total. The van der Waals surface area contributed by atoms with Gasteiger partial charge < -0.3 is 23.4 Å². The van der Waals surface area contributed by atoms with E-state index in [1.54, 1.807) is 24.3 Å². The molecule has 0 aliphatic heterocycles. The Labute approximate surface area is 161 Å². The molecule has 28 heavy (non-hydrogen) atoms. The molecule has 3 rings (SSSR count). The molecule has 0 radical (unpaired) electrons. The molecule has 3 aromatic rings. The number of nitrogens with one attached hydrogen (secondary N) is 1. The van der Waals surface area contributed by atoms with E-state index in [2.05, 4.69) is 15.5 Å². The lowest BCUT2D eigenvalue weighted by Gasteiger charge is -2.12. The highest BCUT2D eigenvalue weighted by Gasteiger charge is 2.18. The van der Waals surface area contributed by atoms with Crippen molar-refractivity contribution in [1.82, 2.24) is 10.2 Å². The first-order valence-corrected chi connectivity index (χ1v) is 8.26. The topological polar surface area (TPSA) is 105 Å². The van der Waals surface area contributed by atoms with E-state index in [1.807, 2.05) is 18.2 Å². The molecule has 0 aliphatic carbocycles. The van der Waals surface area contributed by atoms with Crippen LogP contribution in [0.2, 0.25) is 0 Å². The molecule has 0 saturated carbocycles. The number of methoxy groups -OCH3 is 3. The number of anilines is 1. The van der Waals surface area contributed by atoms with Crippen LogP contribution in [0.5, 0.6) is 23.0 Å². The molecular formula is C19H19N3O6. The van der Waals surface area contributed by atoms with Gasteiger partial charge in [0.05, 0.1) is 21.3 Å².